The van der Waals surface area contributed by atoms with E-state index in [0.717, 1.165) is 12.8 Å². The highest BCUT2D eigenvalue weighted by atomic mass is 32.2. The Morgan fingerprint density at radius 2 is 2.04 bits per heavy atom. The molecule has 7 nitrogen and oxygen atoms in total. The maximum atomic E-state index is 13.3. The summed E-state index contributed by atoms with van der Waals surface area (Å²) in [5.41, 5.74) is 0.807. The molecule has 1 fully saturated rings. The van der Waals surface area contributed by atoms with Crippen molar-refractivity contribution in [2.75, 3.05) is 30.7 Å². The Morgan fingerprint density at radius 1 is 1.32 bits per heavy atom. The minimum atomic E-state index is -3.37. The first-order valence-electron chi connectivity index (χ1n) is 8.22. The van der Waals surface area contributed by atoms with E-state index in [2.05, 4.69) is 10.6 Å². The largest absolute Gasteiger partial charge is 0.354 e. The number of sulfonamides is 1. The third-order valence-electron chi connectivity index (χ3n) is 4.49. The van der Waals surface area contributed by atoms with Crippen LogP contribution in [-0.4, -0.2) is 49.9 Å². The molecule has 0 radical (unpaired) electrons. The van der Waals surface area contributed by atoms with Crippen LogP contribution in [0.5, 0.6) is 0 Å². The van der Waals surface area contributed by atoms with Gasteiger partial charge in [0.25, 0.3) is 0 Å². The van der Waals surface area contributed by atoms with E-state index in [1.807, 2.05) is 0 Å². The Bertz CT molecular complexity index is 791. The van der Waals surface area contributed by atoms with Gasteiger partial charge in [0.15, 0.2) is 0 Å². The topological polar surface area (TPSA) is 95.6 Å². The van der Waals surface area contributed by atoms with Crippen molar-refractivity contribution in [3.05, 3.63) is 29.6 Å². The van der Waals surface area contributed by atoms with E-state index in [1.54, 1.807) is 0 Å². The summed E-state index contributed by atoms with van der Waals surface area (Å²) in [6, 6.07) is 3.87. The van der Waals surface area contributed by atoms with Gasteiger partial charge in [-0.25, -0.2) is 17.1 Å². The maximum Gasteiger partial charge on any atom is 0.228 e. The molecule has 9 heteroatoms. The number of benzene rings is 1. The van der Waals surface area contributed by atoms with Crippen LogP contribution in [0.3, 0.4) is 0 Å². The lowest BCUT2D eigenvalue weighted by Gasteiger charge is -2.25. The van der Waals surface area contributed by atoms with Gasteiger partial charge in [0.1, 0.15) is 5.82 Å². The van der Waals surface area contributed by atoms with E-state index in [1.165, 1.54) is 22.5 Å². The van der Waals surface area contributed by atoms with Gasteiger partial charge in [0.05, 0.1) is 11.7 Å². The van der Waals surface area contributed by atoms with Crippen LogP contribution in [0.2, 0.25) is 0 Å². The highest BCUT2D eigenvalue weighted by Crippen LogP contribution is 2.32. The third kappa shape index (κ3) is 3.98. The van der Waals surface area contributed by atoms with Crippen molar-refractivity contribution in [2.24, 2.45) is 0 Å². The van der Waals surface area contributed by atoms with Crippen molar-refractivity contribution in [1.82, 2.24) is 9.62 Å². The number of hydrogen-bond donors (Lipinski definition) is 2. The van der Waals surface area contributed by atoms with Crippen LogP contribution in [-0.2, 0) is 19.6 Å². The number of hydrogen-bond acceptors (Lipinski definition) is 4. The molecule has 136 valence electrons. The minimum Gasteiger partial charge on any atom is -0.354 e. The number of fused-ring (bicyclic) bond motifs is 1. The van der Waals surface area contributed by atoms with Crippen LogP contribution in [0.1, 0.15) is 30.7 Å². The Balaban J connectivity index is 1.63. The lowest BCUT2D eigenvalue weighted by molar-refractivity contribution is -0.126. The molecule has 1 aromatic rings. The Kier molecular flexibility index (Phi) is 5.05. The SMILES string of the molecule is O=C1C[C@@H](C(=O)NCCS(=O)(=O)N2CCCC2)c2ccc(F)cc2N1. The van der Waals surface area contributed by atoms with E-state index in [9.17, 15) is 22.4 Å². The number of halogens is 1. The quantitative estimate of drug-likeness (QED) is 0.802. The second-order valence-electron chi connectivity index (χ2n) is 6.25. The van der Waals surface area contributed by atoms with Gasteiger partial charge in [-0.2, -0.15) is 0 Å². The molecule has 0 aliphatic carbocycles. The number of anilines is 1. The van der Waals surface area contributed by atoms with Crippen LogP contribution in [0.4, 0.5) is 10.1 Å². The van der Waals surface area contributed by atoms with Crippen molar-refractivity contribution >= 4 is 27.5 Å². The first-order chi connectivity index (χ1) is 11.9. The summed E-state index contributed by atoms with van der Waals surface area (Å²) in [4.78, 5) is 24.1. The maximum absolute atomic E-state index is 13.3. The lowest BCUT2D eigenvalue weighted by Crippen LogP contribution is -2.39. The molecular formula is C16H20FN3O4S. The summed E-state index contributed by atoms with van der Waals surface area (Å²) in [6.45, 7) is 1.03. The van der Waals surface area contributed by atoms with Crippen molar-refractivity contribution < 1.29 is 22.4 Å². The van der Waals surface area contributed by atoms with E-state index in [4.69, 9.17) is 0 Å². The molecular weight excluding hydrogens is 349 g/mol. The molecule has 1 atom stereocenters. The molecule has 2 aliphatic heterocycles. The summed E-state index contributed by atoms with van der Waals surface area (Å²) < 4.78 is 39.0. The van der Waals surface area contributed by atoms with Crippen molar-refractivity contribution in [3.8, 4) is 0 Å². The standard InChI is InChI=1S/C16H20FN3O4S/c17-11-3-4-12-13(10-15(21)19-14(12)9-11)16(22)18-5-8-25(23,24)20-6-1-2-7-20/h3-4,9,13H,1-2,5-8,10H2,(H,18,22)(H,19,21)/t13-/m1/s1. The molecule has 0 saturated carbocycles. The highest BCUT2D eigenvalue weighted by molar-refractivity contribution is 7.89. The molecule has 0 aromatic heterocycles. The van der Waals surface area contributed by atoms with Gasteiger partial charge in [-0.3, -0.25) is 9.59 Å². The number of nitrogens with zero attached hydrogens (tertiary/aromatic N) is 1. The van der Waals surface area contributed by atoms with Gasteiger partial charge in [0, 0.05) is 31.7 Å². The zero-order valence-corrected chi connectivity index (χ0v) is 14.4. The smallest absolute Gasteiger partial charge is 0.228 e. The molecule has 2 amide bonds. The summed E-state index contributed by atoms with van der Waals surface area (Å²) in [5.74, 6) is -2.23. The molecule has 1 saturated heterocycles. The molecule has 0 spiro atoms. The average molecular weight is 369 g/mol. The van der Waals surface area contributed by atoms with Crippen molar-refractivity contribution in [3.63, 3.8) is 0 Å². The third-order valence-corrected chi connectivity index (χ3v) is 6.36. The fourth-order valence-electron chi connectivity index (χ4n) is 3.19. The molecule has 25 heavy (non-hydrogen) atoms. The molecule has 2 N–H and O–H groups in total. The minimum absolute atomic E-state index is 0.0215. The number of carbonyl (C=O) groups excluding carboxylic acids is 2. The first-order valence-corrected chi connectivity index (χ1v) is 9.82. The van der Waals surface area contributed by atoms with Crippen LogP contribution >= 0.6 is 0 Å². The summed E-state index contributed by atoms with van der Waals surface area (Å²) in [5, 5.41) is 5.13. The number of carbonyl (C=O) groups is 2. The second-order valence-corrected chi connectivity index (χ2v) is 8.34. The predicted octanol–water partition coefficient (Wildman–Crippen LogP) is 0.793. The Morgan fingerprint density at radius 3 is 2.76 bits per heavy atom. The van der Waals surface area contributed by atoms with Crippen LogP contribution in [0.15, 0.2) is 18.2 Å². The number of nitrogens with one attached hydrogen (secondary N) is 2. The van der Waals surface area contributed by atoms with E-state index >= 15 is 0 Å². The van der Waals surface area contributed by atoms with Gasteiger partial charge in [-0.05, 0) is 30.5 Å². The fourth-order valence-corrected chi connectivity index (χ4v) is 4.63. The van der Waals surface area contributed by atoms with Crippen LogP contribution < -0.4 is 10.6 Å². The summed E-state index contributed by atoms with van der Waals surface area (Å²) in [6.07, 6.45) is 1.66. The monoisotopic (exact) mass is 369 g/mol. The highest BCUT2D eigenvalue weighted by Gasteiger charge is 2.31. The predicted molar refractivity (Wildman–Crippen MR) is 90.0 cm³/mol. The van der Waals surface area contributed by atoms with E-state index in [0.29, 0.717) is 18.7 Å². The zero-order chi connectivity index (χ0) is 18.0. The molecule has 3 rings (SSSR count). The van der Waals surface area contributed by atoms with E-state index in [-0.39, 0.29) is 30.3 Å². The number of amides is 2. The second kappa shape index (κ2) is 7.09. The first kappa shape index (κ1) is 17.8. The normalized spacial score (nSPS) is 20.8. The van der Waals surface area contributed by atoms with Crippen molar-refractivity contribution in [1.29, 1.82) is 0 Å². The van der Waals surface area contributed by atoms with Crippen LogP contribution in [0, 0.1) is 5.82 Å². The Labute approximate surface area is 145 Å². The van der Waals surface area contributed by atoms with Gasteiger partial charge in [-0.1, -0.05) is 6.07 Å². The van der Waals surface area contributed by atoms with Crippen molar-refractivity contribution in [2.45, 2.75) is 25.2 Å². The molecule has 2 heterocycles. The lowest BCUT2D eigenvalue weighted by atomic mass is 9.90. The number of rotatable bonds is 5. The van der Waals surface area contributed by atoms with E-state index < -0.39 is 27.7 Å². The van der Waals surface area contributed by atoms with Crippen LogP contribution in [0.25, 0.3) is 0 Å². The summed E-state index contributed by atoms with van der Waals surface area (Å²) in [7, 11) is -3.37. The average Bonchev–Trinajstić information content (AvgIpc) is 3.08. The molecule has 2 aliphatic rings. The zero-order valence-electron chi connectivity index (χ0n) is 13.6. The summed E-state index contributed by atoms with van der Waals surface area (Å²) >= 11 is 0. The van der Waals surface area contributed by atoms with Gasteiger partial charge in [0.2, 0.25) is 21.8 Å². The molecule has 0 bridgehead atoms. The fraction of sp³-hybridized carbons (Fsp3) is 0.500. The van der Waals surface area contributed by atoms with Gasteiger partial charge < -0.3 is 10.6 Å². The van der Waals surface area contributed by atoms with Gasteiger partial charge in [-0.15, -0.1) is 0 Å². The molecule has 1 aromatic carbocycles. The van der Waals surface area contributed by atoms with Gasteiger partial charge >= 0.3 is 0 Å². The molecule has 0 unspecified atom stereocenters. The Hall–Kier alpha value is -2.00.